The Morgan fingerprint density at radius 3 is 2.62 bits per heavy atom. The molecule has 0 radical (unpaired) electrons. The molecule has 1 aliphatic rings. The summed E-state index contributed by atoms with van der Waals surface area (Å²) in [7, 11) is -2.11. The van der Waals surface area contributed by atoms with Crippen molar-refractivity contribution in [1.82, 2.24) is 4.57 Å². The first kappa shape index (κ1) is 24.6. The van der Waals surface area contributed by atoms with Crippen LogP contribution in [0, 0.1) is 5.82 Å². The second-order valence-electron chi connectivity index (χ2n) is 8.66. The summed E-state index contributed by atoms with van der Waals surface area (Å²) in [6.07, 6.45) is 2.86. The van der Waals surface area contributed by atoms with Gasteiger partial charge in [0.25, 0.3) is 0 Å². The van der Waals surface area contributed by atoms with Gasteiger partial charge in [-0.25, -0.2) is 4.39 Å². The number of carboxylic acids is 1. The fourth-order valence-electron chi connectivity index (χ4n) is 4.60. The molecule has 0 saturated carbocycles. The molecule has 1 aliphatic heterocycles. The van der Waals surface area contributed by atoms with Crippen molar-refractivity contribution in [3.63, 3.8) is 0 Å². The predicted octanol–water partition coefficient (Wildman–Crippen LogP) is 5.28. The molecule has 0 spiro atoms. The lowest BCUT2D eigenvalue weighted by molar-refractivity contribution is -0.138. The molecule has 1 unspecified atom stereocenters. The number of carboxylic acid groups (broad SMARTS) is 1. The topological polar surface area (TPSA) is 88.8 Å². The van der Waals surface area contributed by atoms with Gasteiger partial charge in [0, 0.05) is 23.5 Å². The summed E-state index contributed by atoms with van der Waals surface area (Å²) in [6.45, 7) is 5.62. The van der Waals surface area contributed by atoms with E-state index in [1.165, 1.54) is 34.6 Å². The Morgan fingerprint density at radius 1 is 1.25 bits per heavy atom. The molecule has 6 nitrogen and oxygen atoms in total. The van der Waals surface area contributed by atoms with Crippen molar-refractivity contribution in [3.05, 3.63) is 47.0 Å². The van der Waals surface area contributed by atoms with Gasteiger partial charge in [0.1, 0.15) is 18.5 Å². The highest BCUT2D eigenvalue weighted by Crippen LogP contribution is 2.40. The molecule has 2 heterocycles. The van der Waals surface area contributed by atoms with E-state index in [0.717, 1.165) is 37.8 Å². The molecule has 174 valence electrons. The molecule has 2 aromatic rings. The van der Waals surface area contributed by atoms with Crippen LogP contribution in [-0.2, 0) is 33.3 Å². The fourth-order valence-corrected chi connectivity index (χ4v) is 5.51. The van der Waals surface area contributed by atoms with Crippen molar-refractivity contribution in [2.75, 3.05) is 12.8 Å². The summed E-state index contributed by atoms with van der Waals surface area (Å²) in [5.74, 6) is -1.05. The van der Waals surface area contributed by atoms with E-state index >= 15 is 0 Å². The van der Waals surface area contributed by atoms with Crippen LogP contribution in [0.3, 0.4) is 0 Å². The monoisotopic (exact) mass is 464 g/mol. The highest BCUT2D eigenvalue weighted by molar-refractivity contribution is 7.39. The van der Waals surface area contributed by atoms with Gasteiger partial charge in [0.05, 0.1) is 6.42 Å². The van der Waals surface area contributed by atoms with Crippen LogP contribution in [0.15, 0.2) is 24.3 Å². The third-order valence-corrected chi connectivity index (χ3v) is 7.01. The molecule has 8 heteroatoms. The molecule has 2 N–H and O–H groups in total. The van der Waals surface area contributed by atoms with E-state index in [4.69, 9.17) is 9.63 Å². The molecule has 1 aromatic heterocycles. The van der Waals surface area contributed by atoms with Gasteiger partial charge in [0.15, 0.2) is 0 Å². The number of carbonyl (C=O) groups is 1. The largest absolute Gasteiger partial charge is 0.510 e. The maximum absolute atomic E-state index is 13.6. The van der Waals surface area contributed by atoms with Crippen LogP contribution in [-0.4, -0.2) is 39.6 Å². The van der Waals surface area contributed by atoms with Crippen LogP contribution < -0.4 is 0 Å². The zero-order chi connectivity index (χ0) is 23.3. The van der Waals surface area contributed by atoms with Gasteiger partial charge < -0.3 is 14.8 Å². The quantitative estimate of drug-likeness (QED) is 0.349. The molecular weight excluding hydrogens is 432 g/mol. The summed E-state index contributed by atoms with van der Waals surface area (Å²) in [6, 6.07) is 6.67. The number of nitrogens with zero attached hydrogens (tertiary/aromatic N) is 1. The minimum atomic E-state index is -2.11. The van der Waals surface area contributed by atoms with Crippen LogP contribution in [0.1, 0.15) is 62.4 Å². The van der Waals surface area contributed by atoms with Crippen molar-refractivity contribution in [1.29, 1.82) is 0 Å². The number of hydrogen-bond donors (Lipinski definition) is 2. The summed E-state index contributed by atoms with van der Waals surface area (Å²) in [5, 5.41) is 18.3. The van der Waals surface area contributed by atoms with Gasteiger partial charge in [-0.3, -0.25) is 4.79 Å². The smallest absolute Gasteiger partial charge is 0.481 e. The maximum Gasteiger partial charge on any atom is 0.510 e. The third kappa shape index (κ3) is 6.03. The number of aliphatic carboxylic acids is 1. The maximum atomic E-state index is 13.6. The minimum Gasteiger partial charge on any atom is -0.481 e. The number of benzene rings is 1. The highest BCUT2D eigenvalue weighted by Gasteiger charge is 2.28. The van der Waals surface area contributed by atoms with Gasteiger partial charge in [-0.05, 0) is 65.8 Å². The van der Waals surface area contributed by atoms with Gasteiger partial charge in [0.2, 0.25) is 6.16 Å². The van der Waals surface area contributed by atoms with Crippen molar-refractivity contribution >= 4 is 14.0 Å². The van der Waals surface area contributed by atoms with E-state index in [1.807, 2.05) is 12.1 Å². The average Bonchev–Trinajstić information content (AvgIpc) is 3.05. The molecule has 0 fully saturated rings. The van der Waals surface area contributed by atoms with E-state index in [-0.39, 0.29) is 18.6 Å². The van der Waals surface area contributed by atoms with Crippen LogP contribution in [0.4, 0.5) is 4.39 Å². The van der Waals surface area contributed by atoms with Crippen molar-refractivity contribution in [2.24, 2.45) is 0 Å². The number of aromatic nitrogens is 1. The molecular formula is C24H32FNO5P+. The molecule has 0 saturated heterocycles. The molecule has 0 bridgehead atoms. The van der Waals surface area contributed by atoms with Crippen LogP contribution >= 0.6 is 8.03 Å². The second kappa shape index (κ2) is 11.2. The van der Waals surface area contributed by atoms with E-state index in [1.54, 1.807) is 0 Å². The summed E-state index contributed by atoms with van der Waals surface area (Å²) < 4.78 is 33.4. The first-order valence-corrected chi connectivity index (χ1v) is 12.6. The molecule has 2 atom stereocenters. The van der Waals surface area contributed by atoms with Gasteiger partial charge in [-0.15, -0.1) is 4.52 Å². The standard InChI is InChI=1S/C24H31FNO5P/c1-16(2)24-20(6-5-13-31-32(30)15-19(27)14-22(28)29)23(17-8-10-18(25)11-9-17)21-7-3-4-12-26(21)24/h8-11,16,19,27H,3-7,12-15H2,1-2H3/p+1/t19-/m0/s1. The Labute approximate surface area is 189 Å². The third-order valence-electron chi connectivity index (χ3n) is 5.82. The van der Waals surface area contributed by atoms with Crippen molar-refractivity contribution in [3.8, 4) is 11.1 Å². The number of aliphatic hydroxyl groups is 1. The number of rotatable bonds is 11. The Kier molecular flexibility index (Phi) is 8.57. The summed E-state index contributed by atoms with van der Waals surface area (Å²) in [5.41, 5.74) is 6.07. The average molecular weight is 464 g/mol. The minimum absolute atomic E-state index is 0.180. The number of aliphatic hydroxyl groups excluding tert-OH is 1. The lowest BCUT2D eigenvalue weighted by Crippen LogP contribution is -2.15. The Bertz CT molecular complexity index is 954. The van der Waals surface area contributed by atoms with E-state index in [9.17, 15) is 18.9 Å². The van der Waals surface area contributed by atoms with Gasteiger partial charge in [-0.2, -0.15) is 0 Å². The van der Waals surface area contributed by atoms with E-state index < -0.39 is 26.5 Å². The molecule has 1 aromatic carbocycles. The van der Waals surface area contributed by atoms with Gasteiger partial charge in [-0.1, -0.05) is 26.0 Å². The lowest BCUT2D eigenvalue weighted by Gasteiger charge is -2.20. The number of hydrogen-bond acceptors (Lipinski definition) is 4. The molecule has 0 amide bonds. The number of fused-ring (bicyclic) bond motifs is 1. The van der Waals surface area contributed by atoms with Crippen LogP contribution in [0.2, 0.25) is 0 Å². The number of halogens is 1. The first-order valence-electron chi connectivity index (χ1n) is 11.3. The van der Waals surface area contributed by atoms with E-state index in [0.29, 0.717) is 12.3 Å². The SMILES string of the molecule is CC(C)c1c(CCCO[P+](=O)C[C@@H](O)CC(=O)O)c(-c2ccc(F)cc2)c2n1CCCC2. The zero-order valence-corrected chi connectivity index (χ0v) is 19.6. The van der Waals surface area contributed by atoms with Crippen LogP contribution in [0.25, 0.3) is 11.1 Å². The Hall–Kier alpha value is -2.08. The lowest BCUT2D eigenvalue weighted by atomic mass is 9.93. The first-order chi connectivity index (χ1) is 15.3. The van der Waals surface area contributed by atoms with Crippen LogP contribution in [0.5, 0.6) is 0 Å². The van der Waals surface area contributed by atoms with Crippen molar-refractivity contribution in [2.45, 2.75) is 70.9 Å². The fraction of sp³-hybridized carbons (Fsp3) is 0.542. The van der Waals surface area contributed by atoms with E-state index in [2.05, 4.69) is 18.4 Å². The summed E-state index contributed by atoms with van der Waals surface area (Å²) >= 11 is 0. The zero-order valence-electron chi connectivity index (χ0n) is 18.7. The Morgan fingerprint density at radius 2 is 1.97 bits per heavy atom. The normalized spacial score (nSPS) is 15.0. The molecule has 32 heavy (non-hydrogen) atoms. The molecule has 0 aliphatic carbocycles. The Balaban J connectivity index is 1.76. The summed E-state index contributed by atoms with van der Waals surface area (Å²) in [4.78, 5) is 10.6. The predicted molar refractivity (Wildman–Crippen MR) is 122 cm³/mol. The van der Waals surface area contributed by atoms with Gasteiger partial charge >= 0.3 is 14.0 Å². The van der Waals surface area contributed by atoms with Crippen molar-refractivity contribution < 1.29 is 28.5 Å². The second-order valence-corrected chi connectivity index (χ2v) is 9.95. The molecule has 3 rings (SSSR count). The highest BCUT2D eigenvalue weighted by atomic mass is 31.1.